The average molecular weight is 401 g/mol. The molecule has 0 fully saturated rings. The normalized spacial score (nSPS) is 15.8. The number of hydrogen-bond acceptors (Lipinski definition) is 5. The smallest absolute Gasteiger partial charge is 0.225 e. The monoisotopic (exact) mass is 400 g/mol. The van der Waals surface area contributed by atoms with Crippen LogP contribution in [0, 0.1) is 0 Å². The van der Waals surface area contributed by atoms with Crippen molar-refractivity contribution < 1.29 is 14.3 Å². The first kappa shape index (κ1) is 17.8. The van der Waals surface area contributed by atoms with E-state index in [1.807, 2.05) is 42.5 Å². The summed E-state index contributed by atoms with van der Waals surface area (Å²) >= 11 is 7.52. The van der Waals surface area contributed by atoms with Gasteiger partial charge in [0.15, 0.2) is 11.5 Å². The third kappa shape index (κ3) is 3.15. The molecule has 3 aromatic rings. The van der Waals surface area contributed by atoms with Crippen molar-refractivity contribution in [3.63, 3.8) is 0 Å². The van der Waals surface area contributed by atoms with Crippen molar-refractivity contribution in [3.8, 4) is 22.8 Å². The van der Waals surface area contributed by atoms with Gasteiger partial charge in [-0.2, -0.15) is 4.37 Å². The molecule has 1 N–H and O–H groups in total. The Labute approximate surface area is 166 Å². The maximum absolute atomic E-state index is 12.5. The third-order valence-corrected chi connectivity index (χ3v) is 5.79. The van der Waals surface area contributed by atoms with Crippen LogP contribution < -0.4 is 14.8 Å². The highest BCUT2D eigenvalue weighted by atomic mass is 35.5. The Kier molecular flexibility index (Phi) is 4.76. The van der Waals surface area contributed by atoms with Gasteiger partial charge in [0.25, 0.3) is 0 Å². The highest BCUT2D eigenvalue weighted by Gasteiger charge is 2.33. The minimum Gasteiger partial charge on any atom is -0.493 e. The lowest BCUT2D eigenvalue weighted by Crippen LogP contribution is -2.22. The van der Waals surface area contributed by atoms with Gasteiger partial charge in [-0.15, -0.1) is 0 Å². The van der Waals surface area contributed by atoms with Crippen LogP contribution in [0.3, 0.4) is 0 Å². The lowest BCUT2D eigenvalue weighted by molar-refractivity contribution is -0.116. The Balaban J connectivity index is 1.85. The number of benzene rings is 2. The Hall–Kier alpha value is -2.57. The van der Waals surface area contributed by atoms with Gasteiger partial charge in [0.2, 0.25) is 5.91 Å². The van der Waals surface area contributed by atoms with Crippen LogP contribution >= 0.6 is 23.1 Å². The molecule has 0 unspecified atom stereocenters. The Morgan fingerprint density at radius 3 is 2.74 bits per heavy atom. The zero-order valence-corrected chi connectivity index (χ0v) is 16.4. The van der Waals surface area contributed by atoms with Crippen molar-refractivity contribution in [1.29, 1.82) is 0 Å². The van der Waals surface area contributed by atoms with E-state index in [0.29, 0.717) is 22.9 Å². The average Bonchev–Trinajstić information content (AvgIpc) is 3.10. The van der Waals surface area contributed by atoms with Crippen molar-refractivity contribution in [1.82, 2.24) is 4.37 Å². The van der Waals surface area contributed by atoms with Gasteiger partial charge < -0.3 is 14.8 Å². The molecule has 1 aromatic heterocycles. The van der Waals surface area contributed by atoms with Crippen LogP contribution in [0.4, 0.5) is 5.69 Å². The van der Waals surface area contributed by atoms with Crippen molar-refractivity contribution in [2.75, 3.05) is 19.5 Å². The maximum Gasteiger partial charge on any atom is 0.225 e. The minimum absolute atomic E-state index is 0.0548. The van der Waals surface area contributed by atoms with E-state index in [9.17, 15) is 4.79 Å². The number of nitrogens with one attached hydrogen (secondary N) is 1. The van der Waals surface area contributed by atoms with E-state index >= 15 is 0 Å². The molecule has 0 spiro atoms. The lowest BCUT2D eigenvalue weighted by atomic mass is 9.88. The summed E-state index contributed by atoms with van der Waals surface area (Å²) in [5.41, 5.74) is 3.26. The Morgan fingerprint density at radius 2 is 2.00 bits per heavy atom. The summed E-state index contributed by atoms with van der Waals surface area (Å²) in [6.45, 7) is 0. The van der Waals surface area contributed by atoms with Gasteiger partial charge in [-0.3, -0.25) is 4.79 Å². The number of aromatic nitrogens is 1. The molecule has 0 radical (unpaired) electrons. The van der Waals surface area contributed by atoms with Crippen molar-refractivity contribution in [2.45, 2.75) is 12.3 Å². The summed E-state index contributed by atoms with van der Waals surface area (Å²) in [4.78, 5) is 13.5. The first-order chi connectivity index (χ1) is 13.1. The number of nitrogens with zero attached hydrogens (tertiary/aromatic N) is 1. The fourth-order valence-corrected chi connectivity index (χ4v) is 4.55. The molecule has 4 rings (SSSR count). The minimum atomic E-state index is -0.149. The lowest BCUT2D eigenvalue weighted by Gasteiger charge is -2.25. The molecule has 7 heteroatoms. The second-order valence-corrected chi connectivity index (χ2v) is 7.41. The SMILES string of the molecule is COc1cccc([C@@H]2CC(=O)Nc3c(-c4cccc(Cl)c4)nsc32)c1OC. The van der Waals surface area contributed by atoms with Gasteiger partial charge >= 0.3 is 0 Å². The van der Waals surface area contributed by atoms with E-state index in [4.69, 9.17) is 21.1 Å². The fraction of sp³-hybridized carbons (Fsp3) is 0.200. The summed E-state index contributed by atoms with van der Waals surface area (Å²) in [5, 5.41) is 3.61. The summed E-state index contributed by atoms with van der Waals surface area (Å²) in [5.74, 6) is 1.08. The molecule has 0 aliphatic carbocycles. The Bertz CT molecular complexity index is 1020. The fourth-order valence-electron chi connectivity index (χ4n) is 3.40. The first-order valence-corrected chi connectivity index (χ1v) is 9.53. The van der Waals surface area contributed by atoms with Crippen molar-refractivity contribution >= 4 is 34.7 Å². The number of amides is 1. The number of para-hydroxylation sites is 1. The highest BCUT2D eigenvalue weighted by Crippen LogP contribution is 2.48. The quantitative estimate of drug-likeness (QED) is 0.672. The molecular formula is C20H17ClN2O3S. The number of methoxy groups -OCH3 is 2. The van der Waals surface area contributed by atoms with Gasteiger partial charge in [0.05, 0.1) is 24.8 Å². The number of carbonyl (C=O) groups excluding carboxylic acids is 1. The summed E-state index contributed by atoms with van der Waals surface area (Å²) in [6, 6.07) is 13.2. The molecule has 2 heterocycles. The first-order valence-electron chi connectivity index (χ1n) is 8.38. The maximum atomic E-state index is 12.5. The van der Waals surface area contributed by atoms with E-state index < -0.39 is 0 Å². The zero-order chi connectivity index (χ0) is 19.0. The second kappa shape index (κ2) is 7.21. The molecule has 1 amide bonds. The van der Waals surface area contributed by atoms with Crippen molar-refractivity contribution in [2.24, 2.45) is 0 Å². The number of fused-ring (bicyclic) bond motifs is 1. The number of halogens is 1. The number of hydrogen-bond donors (Lipinski definition) is 1. The zero-order valence-electron chi connectivity index (χ0n) is 14.8. The highest BCUT2D eigenvalue weighted by molar-refractivity contribution is 7.07. The molecule has 0 saturated heterocycles. The van der Waals surface area contributed by atoms with Gasteiger partial charge in [-0.05, 0) is 29.7 Å². The van der Waals surface area contributed by atoms with Crippen LogP contribution in [0.2, 0.25) is 5.02 Å². The van der Waals surface area contributed by atoms with Crippen LogP contribution in [0.1, 0.15) is 22.8 Å². The molecule has 1 aliphatic heterocycles. The van der Waals surface area contributed by atoms with E-state index in [1.54, 1.807) is 14.2 Å². The summed E-state index contributed by atoms with van der Waals surface area (Å²) in [7, 11) is 3.21. The topological polar surface area (TPSA) is 60.5 Å². The molecule has 0 bridgehead atoms. The van der Waals surface area contributed by atoms with Gasteiger partial charge in [-0.25, -0.2) is 0 Å². The predicted octanol–water partition coefficient (Wildman–Crippen LogP) is 4.95. The summed E-state index contributed by atoms with van der Waals surface area (Å²) in [6.07, 6.45) is 0.327. The molecule has 1 atom stereocenters. The summed E-state index contributed by atoms with van der Waals surface area (Å²) < 4.78 is 15.6. The number of rotatable bonds is 4. The van der Waals surface area contributed by atoms with Gasteiger partial charge in [0, 0.05) is 28.5 Å². The van der Waals surface area contributed by atoms with Gasteiger partial charge in [-0.1, -0.05) is 35.9 Å². The van der Waals surface area contributed by atoms with Crippen molar-refractivity contribution in [3.05, 3.63) is 57.9 Å². The molecule has 1 aliphatic rings. The molecule has 2 aromatic carbocycles. The third-order valence-electron chi connectivity index (χ3n) is 4.60. The number of anilines is 1. The predicted molar refractivity (Wildman–Crippen MR) is 107 cm³/mol. The van der Waals surface area contributed by atoms with Crippen LogP contribution in [0.15, 0.2) is 42.5 Å². The largest absolute Gasteiger partial charge is 0.493 e. The number of ether oxygens (including phenoxy) is 2. The molecule has 0 saturated carbocycles. The van der Waals surface area contributed by atoms with Crippen LogP contribution in [-0.4, -0.2) is 24.5 Å². The van der Waals surface area contributed by atoms with E-state index in [1.165, 1.54) is 11.5 Å². The van der Waals surface area contributed by atoms with Crippen LogP contribution in [-0.2, 0) is 4.79 Å². The molecular weight excluding hydrogens is 384 g/mol. The van der Waals surface area contributed by atoms with Crippen LogP contribution in [0.5, 0.6) is 11.5 Å². The molecule has 138 valence electrons. The van der Waals surface area contributed by atoms with E-state index in [-0.39, 0.29) is 11.8 Å². The second-order valence-electron chi connectivity index (χ2n) is 6.17. The number of carbonyl (C=O) groups is 1. The molecule has 27 heavy (non-hydrogen) atoms. The molecule has 5 nitrogen and oxygen atoms in total. The van der Waals surface area contributed by atoms with Gasteiger partial charge in [0.1, 0.15) is 5.69 Å². The van der Waals surface area contributed by atoms with E-state index in [0.717, 1.165) is 27.4 Å². The van der Waals surface area contributed by atoms with Crippen LogP contribution in [0.25, 0.3) is 11.3 Å². The standard InChI is InChI=1S/C20H17ClN2O3S/c1-25-15-8-4-7-13(19(15)26-2)14-10-16(24)22-18-17(23-27-20(14)18)11-5-3-6-12(21)9-11/h3-9,14H,10H2,1-2H3,(H,22,24)/t14-/m0/s1. The van der Waals surface area contributed by atoms with E-state index in [2.05, 4.69) is 9.69 Å². The Morgan fingerprint density at radius 1 is 1.19 bits per heavy atom.